The molecule has 0 saturated heterocycles. The van der Waals surface area contributed by atoms with Crippen molar-refractivity contribution in [3.8, 4) is 5.75 Å². The van der Waals surface area contributed by atoms with Crippen molar-refractivity contribution in [1.82, 2.24) is 34.7 Å². The maximum Gasteiger partial charge on any atom is 0.312 e. The number of hydrogen-bond acceptors (Lipinski definition) is 7. The number of H-pyrrole nitrogens is 1. The highest BCUT2D eigenvalue weighted by Gasteiger charge is 2.38. The molecule has 1 aliphatic rings. The van der Waals surface area contributed by atoms with Crippen LogP contribution >= 0.6 is 18.5 Å². The molecule has 5 heterocycles. The molecule has 172 valence electrons. The zero-order valence-corrected chi connectivity index (χ0v) is 20.8. The second-order valence-electron chi connectivity index (χ2n) is 8.93. The van der Waals surface area contributed by atoms with E-state index in [-0.39, 0.29) is 22.8 Å². The maximum absolute atomic E-state index is 13.5. The Morgan fingerprint density at radius 1 is 1.33 bits per heavy atom. The fourth-order valence-corrected chi connectivity index (χ4v) is 4.21. The number of nitrogens with one attached hydrogen (secondary N) is 1. The van der Waals surface area contributed by atoms with Gasteiger partial charge in [-0.3, -0.25) is 4.79 Å². The van der Waals surface area contributed by atoms with Crippen molar-refractivity contribution < 1.29 is 13.9 Å². The molecular formula is C21H25N7O3P2. The number of carbonyl (C=O) groups excluding carboxylic acids is 1. The average Bonchev–Trinajstić information content (AvgIpc) is 3.50. The highest BCUT2D eigenvalue weighted by Crippen LogP contribution is 2.36. The number of amides is 1. The normalized spacial score (nSPS) is 16.4. The Labute approximate surface area is 194 Å². The third-order valence-electron chi connectivity index (χ3n) is 5.46. The number of nitrogens with zero attached hydrogens (tertiary/aromatic N) is 6. The predicted octanol–water partition coefficient (Wildman–Crippen LogP) is 2.94. The monoisotopic (exact) mass is 485 g/mol. The number of aromatic amines is 1. The van der Waals surface area contributed by atoms with Gasteiger partial charge in [-0.05, 0) is 18.2 Å². The number of imidazole rings is 1. The van der Waals surface area contributed by atoms with E-state index >= 15 is 0 Å². The standard InChI is InChI=1S/C21H25N7O3P2/c1-21(2,3)19-25-24-17(31-19)18(29)27-8-6-11-15(23-10-22-11)16(27)12-9-13-14(30-20(32)33)5-4-7-28(13)26-12/h4-5,7,9-10,16,20H,6,8,32-33H2,1-3H3,(H,22,23)/t16-/m1/s1. The first kappa shape index (κ1) is 22.0. The van der Waals surface area contributed by atoms with Gasteiger partial charge >= 0.3 is 11.8 Å². The lowest BCUT2D eigenvalue weighted by atomic mass is 9.97. The van der Waals surface area contributed by atoms with Crippen LogP contribution in [0.15, 0.2) is 35.1 Å². The smallest absolute Gasteiger partial charge is 0.312 e. The number of carbonyl (C=O) groups is 1. The molecule has 4 aromatic heterocycles. The van der Waals surface area contributed by atoms with Gasteiger partial charge in [0.2, 0.25) is 5.89 Å². The minimum absolute atomic E-state index is 0.0365. The molecule has 0 aromatic carbocycles. The molecule has 0 fully saturated rings. The van der Waals surface area contributed by atoms with Crippen LogP contribution in [0.25, 0.3) is 5.52 Å². The molecule has 4 aromatic rings. The van der Waals surface area contributed by atoms with Crippen LogP contribution < -0.4 is 4.74 Å². The average molecular weight is 485 g/mol. The fourth-order valence-electron chi connectivity index (χ4n) is 3.92. The molecule has 2 unspecified atom stereocenters. The lowest BCUT2D eigenvalue weighted by Crippen LogP contribution is -2.41. The van der Waals surface area contributed by atoms with Gasteiger partial charge in [0.25, 0.3) is 0 Å². The minimum atomic E-state index is -0.506. The first-order chi connectivity index (χ1) is 15.7. The molecule has 33 heavy (non-hydrogen) atoms. The first-order valence-electron chi connectivity index (χ1n) is 10.6. The van der Waals surface area contributed by atoms with E-state index in [0.29, 0.717) is 30.3 Å². The summed E-state index contributed by atoms with van der Waals surface area (Å²) in [7, 11) is 5.17. The van der Waals surface area contributed by atoms with E-state index < -0.39 is 6.04 Å². The van der Waals surface area contributed by atoms with Crippen molar-refractivity contribution in [3.63, 3.8) is 0 Å². The maximum atomic E-state index is 13.5. The van der Waals surface area contributed by atoms with Gasteiger partial charge in [0, 0.05) is 30.3 Å². The third-order valence-corrected chi connectivity index (χ3v) is 5.73. The van der Waals surface area contributed by atoms with E-state index in [1.54, 1.807) is 15.7 Å². The Hall–Kier alpha value is -2.83. The van der Waals surface area contributed by atoms with Crippen LogP contribution in [0, 0.1) is 0 Å². The molecule has 1 N–H and O–H groups in total. The van der Waals surface area contributed by atoms with Crippen LogP contribution in [-0.2, 0) is 11.8 Å². The minimum Gasteiger partial charge on any atom is -0.481 e. The first-order valence-corrected chi connectivity index (χ1v) is 11.9. The zero-order valence-electron chi connectivity index (χ0n) is 18.5. The van der Waals surface area contributed by atoms with E-state index in [1.807, 2.05) is 45.2 Å². The topological polar surface area (TPSA) is 114 Å². The highest BCUT2D eigenvalue weighted by molar-refractivity contribution is 7.37. The summed E-state index contributed by atoms with van der Waals surface area (Å²) >= 11 is 0. The molecule has 12 heteroatoms. The highest BCUT2D eigenvalue weighted by atomic mass is 31.1. The van der Waals surface area contributed by atoms with Crippen molar-refractivity contribution in [2.45, 2.75) is 44.2 Å². The van der Waals surface area contributed by atoms with E-state index in [2.05, 4.69) is 38.6 Å². The molecule has 0 aliphatic carbocycles. The zero-order chi connectivity index (χ0) is 23.3. The summed E-state index contributed by atoms with van der Waals surface area (Å²) in [6.07, 6.45) is 4.13. The quantitative estimate of drug-likeness (QED) is 0.442. The summed E-state index contributed by atoms with van der Waals surface area (Å²) in [6, 6.07) is 5.18. The predicted molar refractivity (Wildman–Crippen MR) is 127 cm³/mol. The number of ether oxygens (including phenoxy) is 1. The SMILES string of the molecule is CC(C)(C)c1nnc(C(=O)N2CCc3[nH]cnc3[C@H]2c2cc3c(OC(P)P)cccn3n2)o1. The molecule has 0 bridgehead atoms. The number of pyridine rings is 1. The van der Waals surface area contributed by atoms with Crippen LogP contribution in [-0.4, -0.2) is 52.7 Å². The third kappa shape index (κ3) is 4.02. The molecule has 0 saturated carbocycles. The van der Waals surface area contributed by atoms with Gasteiger partial charge in [0.1, 0.15) is 22.9 Å². The summed E-state index contributed by atoms with van der Waals surface area (Å²) in [5, 5.41) is 12.9. The van der Waals surface area contributed by atoms with Gasteiger partial charge in [-0.15, -0.1) is 10.2 Å². The van der Waals surface area contributed by atoms with Gasteiger partial charge < -0.3 is 19.0 Å². The molecule has 0 spiro atoms. The number of hydrogen-bond donors (Lipinski definition) is 1. The Balaban J connectivity index is 1.57. The molecule has 0 radical (unpaired) electrons. The molecule has 5 rings (SSSR count). The van der Waals surface area contributed by atoms with E-state index in [9.17, 15) is 4.79 Å². The Morgan fingerprint density at radius 3 is 2.88 bits per heavy atom. The molecule has 1 amide bonds. The number of fused-ring (bicyclic) bond motifs is 2. The lowest BCUT2D eigenvalue weighted by Gasteiger charge is -2.32. The van der Waals surface area contributed by atoms with Gasteiger partial charge in [-0.2, -0.15) is 5.10 Å². The number of rotatable bonds is 4. The van der Waals surface area contributed by atoms with Crippen LogP contribution in [0.5, 0.6) is 5.75 Å². The fraction of sp³-hybridized carbons (Fsp3) is 0.381. The van der Waals surface area contributed by atoms with Gasteiger partial charge in [-0.1, -0.05) is 39.3 Å². The molecular weight excluding hydrogens is 460 g/mol. The van der Waals surface area contributed by atoms with Crippen LogP contribution in [0.4, 0.5) is 0 Å². The van der Waals surface area contributed by atoms with Crippen molar-refractivity contribution in [3.05, 3.63) is 59.6 Å². The van der Waals surface area contributed by atoms with E-state index in [4.69, 9.17) is 14.3 Å². The van der Waals surface area contributed by atoms with E-state index in [1.165, 1.54) is 0 Å². The Kier molecular flexibility index (Phi) is 5.46. The molecule has 1 aliphatic heterocycles. The van der Waals surface area contributed by atoms with Crippen molar-refractivity contribution in [2.75, 3.05) is 6.54 Å². The summed E-state index contributed by atoms with van der Waals surface area (Å²) < 4.78 is 13.4. The summed E-state index contributed by atoms with van der Waals surface area (Å²) in [6.45, 7) is 6.33. The van der Waals surface area contributed by atoms with Gasteiger partial charge in [-0.25, -0.2) is 9.50 Å². The van der Waals surface area contributed by atoms with Crippen LogP contribution in [0.3, 0.4) is 0 Å². The summed E-state index contributed by atoms with van der Waals surface area (Å²) in [5.41, 5.74) is 2.71. The second kappa shape index (κ2) is 8.19. The largest absolute Gasteiger partial charge is 0.481 e. The van der Waals surface area contributed by atoms with Crippen molar-refractivity contribution in [1.29, 1.82) is 0 Å². The molecule has 3 atom stereocenters. The summed E-state index contributed by atoms with van der Waals surface area (Å²) in [5.74, 6) is 0.721. The van der Waals surface area contributed by atoms with Gasteiger partial charge in [0.05, 0.1) is 17.7 Å². The van der Waals surface area contributed by atoms with Crippen molar-refractivity contribution >= 4 is 29.9 Å². The second-order valence-corrected chi connectivity index (χ2v) is 11.0. The lowest BCUT2D eigenvalue weighted by molar-refractivity contribution is 0.0642. The number of aromatic nitrogens is 6. The van der Waals surface area contributed by atoms with E-state index in [0.717, 1.165) is 16.9 Å². The Bertz CT molecular complexity index is 1320. The van der Waals surface area contributed by atoms with Crippen LogP contribution in [0.2, 0.25) is 0 Å². The Morgan fingerprint density at radius 2 is 2.15 bits per heavy atom. The summed E-state index contributed by atoms with van der Waals surface area (Å²) in [4.78, 5) is 22.9. The van der Waals surface area contributed by atoms with Gasteiger partial charge in [0.15, 0.2) is 0 Å². The van der Waals surface area contributed by atoms with Crippen LogP contribution in [0.1, 0.15) is 60.5 Å². The van der Waals surface area contributed by atoms with Crippen molar-refractivity contribution in [2.24, 2.45) is 0 Å². The molecule has 10 nitrogen and oxygen atoms in total.